The second kappa shape index (κ2) is 8.66. The van der Waals surface area contributed by atoms with Crippen LogP contribution >= 0.6 is 0 Å². The third-order valence-electron chi connectivity index (χ3n) is 3.32. The van der Waals surface area contributed by atoms with Gasteiger partial charge in [0.25, 0.3) is 5.69 Å². The van der Waals surface area contributed by atoms with Crippen LogP contribution in [-0.4, -0.2) is 27.5 Å². The van der Waals surface area contributed by atoms with Crippen LogP contribution in [0.4, 0.5) is 17.1 Å². The Labute approximate surface area is 172 Å². The molecule has 154 valence electrons. The van der Waals surface area contributed by atoms with Crippen LogP contribution < -0.4 is 4.43 Å². The molecular formula is C19H25N3O5Si2. The fourth-order valence-electron chi connectivity index (χ4n) is 2.28. The zero-order valence-corrected chi connectivity index (χ0v) is 19.4. The van der Waals surface area contributed by atoms with Crippen LogP contribution in [0.25, 0.3) is 0 Å². The molecule has 0 aromatic heterocycles. The number of hydrogen-bond acceptors (Lipinski definition) is 7. The second-order valence-corrected chi connectivity index (χ2v) is 17.2. The molecule has 0 atom stereocenters. The van der Waals surface area contributed by atoms with E-state index in [2.05, 4.69) is 10.2 Å². The van der Waals surface area contributed by atoms with E-state index in [1.54, 1.807) is 24.3 Å². The van der Waals surface area contributed by atoms with E-state index in [0.29, 0.717) is 22.7 Å². The fraction of sp³-hybridized carbons (Fsp3) is 0.316. The van der Waals surface area contributed by atoms with Crippen LogP contribution in [0, 0.1) is 10.1 Å². The predicted octanol–water partition coefficient (Wildman–Crippen LogP) is 6.22. The highest BCUT2D eigenvalue weighted by molar-refractivity contribution is 6.71. The number of non-ortho nitro benzene ring substituents is 1. The molecule has 0 fully saturated rings. The molecule has 0 unspecified atom stereocenters. The van der Waals surface area contributed by atoms with Gasteiger partial charge < -0.3 is 8.85 Å². The van der Waals surface area contributed by atoms with E-state index in [0.717, 1.165) is 0 Å². The van der Waals surface area contributed by atoms with Crippen molar-refractivity contribution >= 4 is 39.7 Å². The lowest BCUT2D eigenvalue weighted by molar-refractivity contribution is -0.384. The SMILES string of the molecule is C[Si](C)(C)OC(=O)c1cc(N=Nc2cccc([N+](=O)[O-])c2)ccc1O[Si](C)(C)C. The van der Waals surface area contributed by atoms with E-state index in [-0.39, 0.29) is 5.69 Å². The van der Waals surface area contributed by atoms with Crippen molar-refractivity contribution in [3.63, 3.8) is 0 Å². The van der Waals surface area contributed by atoms with Crippen molar-refractivity contribution in [1.82, 2.24) is 0 Å². The van der Waals surface area contributed by atoms with Crippen LogP contribution in [-0.2, 0) is 4.43 Å². The van der Waals surface area contributed by atoms with Gasteiger partial charge in [0, 0.05) is 12.1 Å². The minimum absolute atomic E-state index is 0.0697. The molecule has 0 spiro atoms. The zero-order chi connectivity index (χ0) is 21.8. The Morgan fingerprint density at radius 3 is 2.10 bits per heavy atom. The third-order valence-corrected chi connectivity index (χ3v) is 4.95. The quantitative estimate of drug-likeness (QED) is 0.224. The summed E-state index contributed by atoms with van der Waals surface area (Å²) in [5, 5.41) is 19.0. The summed E-state index contributed by atoms with van der Waals surface area (Å²) < 4.78 is 11.7. The van der Waals surface area contributed by atoms with Gasteiger partial charge in [-0.25, -0.2) is 4.79 Å². The number of hydrogen-bond donors (Lipinski definition) is 0. The number of azo groups is 1. The highest BCUT2D eigenvalue weighted by Crippen LogP contribution is 2.30. The van der Waals surface area contributed by atoms with Crippen molar-refractivity contribution in [3.05, 3.63) is 58.1 Å². The van der Waals surface area contributed by atoms with E-state index in [1.807, 2.05) is 39.3 Å². The van der Waals surface area contributed by atoms with Gasteiger partial charge in [-0.15, -0.1) is 0 Å². The van der Waals surface area contributed by atoms with E-state index in [1.165, 1.54) is 18.2 Å². The van der Waals surface area contributed by atoms with Gasteiger partial charge in [0.15, 0.2) is 0 Å². The number of nitro groups is 1. The fourth-order valence-corrected chi connectivity index (χ4v) is 3.78. The van der Waals surface area contributed by atoms with Crippen LogP contribution in [0.1, 0.15) is 10.4 Å². The Morgan fingerprint density at radius 2 is 1.55 bits per heavy atom. The summed E-state index contributed by atoms with van der Waals surface area (Å²) in [5.74, 6) is 0.00605. The molecular weight excluding hydrogens is 406 g/mol. The van der Waals surface area contributed by atoms with E-state index in [4.69, 9.17) is 8.85 Å². The Morgan fingerprint density at radius 1 is 0.931 bits per heavy atom. The van der Waals surface area contributed by atoms with Crippen molar-refractivity contribution in [2.75, 3.05) is 0 Å². The first-order chi connectivity index (χ1) is 13.3. The van der Waals surface area contributed by atoms with Gasteiger partial charge in [-0.05, 0) is 63.5 Å². The molecule has 0 saturated carbocycles. The molecule has 0 bridgehead atoms. The van der Waals surface area contributed by atoms with Crippen molar-refractivity contribution in [1.29, 1.82) is 0 Å². The number of benzene rings is 2. The van der Waals surface area contributed by atoms with Gasteiger partial charge >= 0.3 is 5.97 Å². The van der Waals surface area contributed by atoms with Crippen molar-refractivity contribution in [2.24, 2.45) is 10.2 Å². The number of rotatable bonds is 7. The lowest BCUT2D eigenvalue weighted by Gasteiger charge is -2.23. The minimum Gasteiger partial charge on any atom is -0.544 e. The summed E-state index contributed by atoms with van der Waals surface area (Å²) >= 11 is 0. The molecule has 0 aliphatic heterocycles. The molecule has 2 aromatic carbocycles. The summed E-state index contributed by atoms with van der Waals surface area (Å²) in [6.07, 6.45) is 0. The maximum Gasteiger partial charge on any atom is 0.328 e. The molecule has 0 amide bonds. The molecule has 10 heteroatoms. The summed E-state index contributed by atoms with van der Waals surface area (Å²) in [4.78, 5) is 23.1. The van der Waals surface area contributed by atoms with Crippen molar-refractivity contribution in [2.45, 2.75) is 39.3 Å². The Bertz CT molecular complexity index is 950. The number of nitrogens with zero attached hydrogens (tertiary/aromatic N) is 3. The molecule has 0 heterocycles. The minimum atomic E-state index is -2.10. The van der Waals surface area contributed by atoms with Crippen LogP contribution in [0.3, 0.4) is 0 Å². The average molecular weight is 432 g/mol. The molecule has 0 aliphatic rings. The Balaban J connectivity index is 2.38. The summed E-state index contributed by atoms with van der Waals surface area (Å²) in [6.45, 7) is 11.9. The van der Waals surface area contributed by atoms with Gasteiger partial charge in [-0.1, -0.05) is 6.07 Å². The molecule has 0 saturated heterocycles. The van der Waals surface area contributed by atoms with Crippen LogP contribution in [0.15, 0.2) is 52.7 Å². The van der Waals surface area contributed by atoms with E-state index < -0.39 is 27.5 Å². The van der Waals surface area contributed by atoms with Gasteiger partial charge in [-0.3, -0.25) is 10.1 Å². The molecule has 2 aromatic rings. The molecule has 29 heavy (non-hydrogen) atoms. The second-order valence-electron chi connectivity index (χ2n) is 8.37. The monoisotopic (exact) mass is 431 g/mol. The summed E-state index contributed by atoms with van der Waals surface area (Å²) in [7, 11) is -4.06. The standard InChI is InChI=1S/C19H25N3O5Si2/c1-28(2,3)26-18-11-10-15(13-17(18)19(23)27-29(4,5)6)21-20-14-8-7-9-16(12-14)22(24)25/h7-13H,1-6H3. The maximum atomic E-state index is 12.7. The number of carbonyl (C=O) groups is 1. The molecule has 8 nitrogen and oxygen atoms in total. The first-order valence-corrected chi connectivity index (χ1v) is 15.9. The average Bonchev–Trinajstić information content (AvgIpc) is 2.58. The zero-order valence-electron chi connectivity index (χ0n) is 17.4. The predicted molar refractivity (Wildman–Crippen MR) is 116 cm³/mol. The van der Waals surface area contributed by atoms with Gasteiger partial charge in [0.1, 0.15) is 11.3 Å². The first kappa shape index (κ1) is 22.4. The van der Waals surface area contributed by atoms with Gasteiger partial charge in [-0.2, -0.15) is 10.2 Å². The molecule has 0 aliphatic carbocycles. The highest BCUT2D eigenvalue weighted by atomic mass is 28.4. The van der Waals surface area contributed by atoms with Crippen LogP contribution in [0.2, 0.25) is 39.3 Å². The lowest BCUT2D eigenvalue weighted by atomic mass is 10.2. The normalized spacial score (nSPS) is 12.1. The Hall–Kier alpha value is -2.86. The molecule has 0 N–H and O–H groups in total. The van der Waals surface area contributed by atoms with Crippen LogP contribution in [0.5, 0.6) is 5.75 Å². The van der Waals surface area contributed by atoms with Crippen molar-refractivity contribution < 1.29 is 18.6 Å². The number of carbonyl (C=O) groups excluding carboxylic acids is 1. The maximum absolute atomic E-state index is 12.7. The Kier molecular flexibility index (Phi) is 6.70. The van der Waals surface area contributed by atoms with Crippen molar-refractivity contribution in [3.8, 4) is 5.75 Å². The first-order valence-electron chi connectivity index (χ1n) is 9.07. The molecule has 2 rings (SSSR count). The summed E-state index contributed by atoms with van der Waals surface area (Å²) in [6, 6.07) is 10.8. The topological polar surface area (TPSA) is 103 Å². The van der Waals surface area contributed by atoms with E-state index >= 15 is 0 Å². The van der Waals surface area contributed by atoms with Gasteiger partial charge in [0.05, 0.1) is 16.3 Å². The highest BCUT2D eigenvalue weighted by Gasteiger charge is 2.26. The number of nitro benzene ring substituents is 1. The smallest absolute Gasteiger partial charge is 0.328 e. The lowest BCUT2D eigenvalue weighted by Crippen LogP contribution is -2.32. The molecule has 0 radical (unpaired) electrons. The largest absolute Gasteiger partial charge is 0.544 e. The van der Waals surface area contributed by atoms with Gasteiger partial charge in [0.2, 0.25) is 16.6 Å². The summed E-state index contributed by atoms with van der Waals surface area (Å²) in [5.41, 5.74) is 0.986. The third kappa shape index (κ3) is 7.24. The van der Waals surface area contributed by atoms with E-state index in [9.17, 15) is 14.9 Å².